The van der Waals surface area contributed by atoms with Gasteiger partial charge in [-0.1, -0.05) is 12.0 Å². The van der Waals surface area contributed by atoms with E-state index >= 15 is 0 Å². The summed E-state index contributed by atoms with van der Waals surface area (Å²) in [5.74, 6) is -0.439. The number of carbonyl (C=O) groups is 1. The van der Waals surface area contributed by atoms with Gasteiger partial charge in [0.1, 0.15) is 0 Å². The highest BCUT2D eigenvalue weighted by atomic mass is 32.2. The number of carbonyl (C=O) groups excluding carboxylic acids is 1. The third-order valence-corrected chi connectivity index (χ3v) is 8.97. The summed E-state index contributed by atoms with van der Waals surface area (Å²) in [5, 5.41) is 10.1. The number of hydrogen-bond acceptors (Lipinski definition) is 8. The molecule has 1 fully saturated rings. The molecule has 4 rings (SSSR count). The first-order valence-electron chi connectivity index (χ1n) is 10.3. The highest BCUT2D eigenvalue weighted by Crippen LogP contribution is 2.24. The second kappa shape index (κ2) is 9.04. The summed E-state index contributed by atoms with van der Waals surface area (Å²) < 4.78 is 55.9. The Balaban J connectivity index is 1.44. The van der Waals surface area contributed by atoms with Crippen LogP contribution in [0.5, 0.6) is 0 Å². The lowest BCUT2D eigenvalue weighted by Gasteiger charge is -2.15. The minimum absolute atomic E-state index is 0.00570. The number of nitrogens with one attached hydrogen (secondary N) is 1. The summed E-state index contributed by atoms with van der Waals surface area (Å²) in [6, 6.07) is 11.5. The van der Waals surface area contributed by atoms with Crippen molar-refractivity contribution in [3.8, 4) is 11.5 Å². The van der Waals surface area contributed by atoms with Crippen LogP contribution in [0.4, 0.5) is 6.01 Å². The molecule has 174 valence electrons. The smallest absolute Gasteiger partial charge is 0.322 e. The second-order valence-corrected chi connectivity index (χ2v) is 11.6. The van der Waals surface area contributed by atoms with Crippen LogP contribution in [0, 0.1) is 0 Å². The van der Waals surface area contributed by atoms with E-state index in [-0.39, 0.29) is 33.0 Å². The quantitative estimate of drug-likeness (QED) is 0.533. The zero-order valence-electron chi connectivity index (χ0n) is 17.8. The second-order valence-electron chi connectivity index (χ2n) is 7.43. The molecule has 2 aromatic carbocycles. The van der Waals surface area contributed by atoms with E-state index in [0.717, 1.165) is 12.8 Å². The van der Waals surface area contributed by atoms with Crippen LogP contribution in [0.2, 0.25) is 0 Å². The molecule has 2 heterocycles. The van der Waals surface area contributed by atoms with E-state index < -0.39 is 25.8 Å². The van der Waals surface area contributed by atoms with Gasteiger partial charge in [-0.05, 0) is 61.4 Å². The van der Waals surface area contributed by atoms with E-state index in [0.29, 0.717) is 18.7 Å². The molecule has 0 bridgehead atoms. The molecular weight excluding hydrogens is 468 g/mol. The molecule has 1 aromatic heterocycles. The Morgan fingerprint density at radius 2 is 1.55 bits per heavy atom. The molecule has 1 aliphatic heterocycles. The Labute approximate surface area is 191 Å². The average molecular weight is 491 g/mol. The lowest BCUT2D eigenvalue weighted by molar-refractivity contribution is 0.102. The number of nitrogens with zero attached hydrogens (tertiary/aromatic N) is 3. The molecular formula is C21H22N4O6S2. The third-order valence-electron chi connectivity index (χ3n) is 5.31. The molecule has 0 radical (unpaired) electrons. The first-order chi connectivity index (χ1) is 15.7. The number of benzene rings is 2. The minimum atomic E-state index is -3.56. The van der Waals surface area contributed by atoms with E-state index in [2.05, 4.69) is 15.5 Å². The summed E-state index contributed by atoms with van der Waals surface area (Å²) >= 11 is 0. The molecule has 12 heteroatoms. The zero-order valence-corrected chi connectivity index (χ0v) is 19.4. The summed E-state index contributed by atoms with van der Waals surface area (Å²) in [6.45, 7) is 2.57. The minimum Gasteiger partial charge on any atom is -0.403 e. The first-order valence-corrected chi connectivity index (χ1v) is 13.4. The van der Waals surface area contributed by atoms with Gasteiger partial charge < -0.3 is 4.42 Å². The van der Waals surface area contributed by atoms with Crippen molar-refractivity contribution in [1.29, 1.82) is 0 Å². The van der Waals surface area contributed by atoms with E-state index in [1.54, 1.807) is 19.1 Å². The largest absolute Gasteiger partial charge is 0.403 e. The van der Waals surface area contributed by atoms with Crippen LogP contribution >= 0.6 is 0 Å². The van der Waals surface area contributed by atoms with E-state index in [4.69, 9.17) is 4.42 Å². The summed E-state index contributed by atoms with van der Waals surface area (Å²) in [5.41, 5.74) is 0.721. The highest BCUT2D eigenvalue weighted by molar-refractivity contribution is 7.91. The Kier molecular flexibility index (Phi) is 6.32. The van der Waals surface area contributed by atoms with Gasteiger partial charge in [0.05, 0.1) is 15.5 Å². The molecule has 33 heavy (non-hydrogen) atoms. The molecule has 1 saturated heterocycles. The van der Waals surface area contributed by atoms with Crippen LogP contribution < -0.4 is 5.32 Å². The van der Waals surface area contributed by atoms with Crippen molar-refractivity contribution in [2.75, 3.05) is 24.2 Å². The van der Waals surface area contributed by atoms with Crippen molar-refractivity contribution in [3.05, 3.63) is 54.1 Å². The Hall–Kier alpha value is -3.09. The predicted octanol–water partition coefficient (Wildman–Crippen LogP) is 2.57. The molecule has 0 aliphatic carbocycles. The van der Waals surface area contributed by atoms with Gasteiger partial charge in [-0.15, -0.1) is 5.10 Å². The Morgan fingerprint density at radius 3 is 2.15 bits per heavy atom. The van der Waals surface area contributed by atoms with Crippen molar-refractivity contribution in [1.82, 2.24) is 14.5 Å². The lowest BCUT2D eigenvalue weighted by Crippen LogP contribution is -2.27. The number of anilines is 1. The number of aromatic nitrogens is 2. The van der Waals surface area contributed by atoms with Crippen LogP contribution in [0.25, 0.3) is 11.5 Å². The fourth-order valence-electron chi connectivity index (χ4n) is 3.39. The van der Waals surface area contributed by atoms with E-state index in [1.807, 2.05) is 0 Å². The number of hydrogen-bond donors (Lipinski definition) is 1. The topological polar surface area (TPSA) is 140 Å². The van der Waals surface area contributed by atoms with Gasteiger partial charge in [-0.25, -0.2) is 16.8 Å². The monoisotopic (exact) mass is 490 g/mol. The number of amides is 1. The molecule has 0 spiro atoms. The fraction of sp³-hybridized carbons (Fsp3) is 0.286. The highest BCUT2D eigenvalue weighted by Gasteiger charge is 2.27. The van der Waals surface area contributed by atoms with Crippen molar-refractivity contribution < 1.29 is 26.0 Å². The van der Waals surface area contributed by atoms with Gasteiger partial charge in [0.15, 0.2) is 9.84 Å². The molecule has 0 atom stereocenters. The SMILES string of the molecule is CCS(=O)(=O)c1ccc(-c2nnc(NC(=O)c3ccc(S(=O)(=O)N4CCCC4)cc3)o2)cc1. The Morgan fingerprint density at radius 1 is 0.939 bits per heavy atom. The molecule has 1 aliphatic rings. The van der Waals surface area contributed by atoms with Crippen LogP contribution in [0.15, 0.2) is 62.7 Å². The number of rotatable bonds is 7. The third kappa shape index (κ3) is 4.82. The van der Waals surface area contributed by atoms with Crippen molar-refractivity contribution in [2.45, 2.75) is 29.6 Å². The number of sulfonamides is 1. The first kappa shape index (κ1) is 23.1. The van der Waals surface area contributed by atoms with Crippen LogP contribution in [-0.4, -0.2) is 56.1 Å². The summed E-state index contributed by atoms with van der Waals surface area (Å²) in [6.07, 6.45) is 1.68. The average Bonchev–Trinajstić information content (AvgIpc) is 3.52. The molecule has 1 amide bonds. The predicted molar refractivity (Wildman–Crippen MR) is 120 cm³/mol. The van der Waals surface area contributed by atoms with Gasteiger partial charge in [-0.3, -0.25) is 10.1 Å². The summed E-state index contributed by atoms with van der Waals surface area (Å²) in [4.78, 5) is 12.8. The van der Waals surface area contributed by atoms with Gasteiger partial charge in [0.2, 0.25) is 15.9 Å². The van der Waals surface area contributed by atoms with E-state index in [1.165, 1.54) is 40.7 Å². The van der Waals surface area contributed by atoms with Gasteiger partial charge in [-0.2, -0.15) is 4.31 Å². The van der Waals surface area contributed by atoms with Crippen molar-refractivity contribution in [3.63, 3.8) is 0 Å². The normalized spacial score (nSPS) is 14.9. The molecule has 10 nitrogen and oxygen atoms in total. The van der Waals surface area contributed by atoms with Crippen LogP contribution in [0.3, 0.4) is 0 Å². The molecule has 0 saturated carbocycles. The maximum atomic E-state index is 12.6. The van der Waals surface area contributed by atoms with Crippen LogP contribution in [0.1, 0.15) is 30.1 Å². The maximum Gasteiger partial charge on any atom is 0.322 e. The van der Waals surface area contributed by atoms with Crippen LogP contribution in [-0.2, 0) is 19.9 Å². The van der Waals surface area contributed by atoms with Gasteiger partial charge in [0, 0.05) is 24.2 Å². The standard InChI is InChI=1S/C21H22N4O6S2/c1-2-32(27,28)17-9-7-16(8-10-17)20-23-24-21(31-20)22-19(26)15-5-11-18(12-6-15)33(29,30)25-13-3-4-14-25/h5-12H,2-4,13-14H2,1H3,(H,22,24,26). The van der Waals surface area contributed by atoms with E-state index in [9.17, 15) is 21.6 Å². The maximum absolute atomic E-state index is 12.6. The van der Waals surface area contributed by atoms with Crippen molar-refractivity contribution in [2.24, 2.45) is 0 Å². The van der Waals surface area contributed by atoms with Crippen molar-refractivity contribution >= 4 is 31.8 Å². The summed E-state index contributed by atoms with van der Waals surface area (Å²) in [7, 11) is -6.88. The molecule has 3 aromatic rings. The molecule has 0 unspecified atom stereocenters. The lowest BCUT2D eigenvalue weighted by atomic mass is 10.2. The van der Waals surface area contributed by atoms with Gasteiger partial charge >= 0.3 is 6.01 Å². The zero-order chi connectivity index (χ0) is 23.6. The van der Waals surface area contributed by atoms with Gasteiger partial charge in [0.25, 0.3) is 5.91 Å². The number of sulfone groups is 1. The Bertz CT molecular complexity index is 1360. The molecule has 1 N–H and O–H groups in total. The fourth-order valence-corrected chi connectivity index (χ4v) is 5.79.